The highest BCUT2D eigenvalue weighted by atomic mass is 79.9. The molecule has 0 aliphatic carbocycles. The Morgan fingerprint density at radius 1 is 1.18 bits per heavy atom. The van der Waals surface area contributed by atoms with Crippen LogP contribution in [0.4, 0.5) is 4.39 Å². The molecule has 0 saturated carbocycles. The third-order valence-electron chi connectivity index (χ3n) is 2.54. The summed E-state index contributed by atoms with van der Waals surface area (Å²) in [5, 5.41) is 0. The largest absolute Gasteiger partial charge is 0.306 e. The lowest BCUT2D eigenvalue weighted by atomic mass is 10.2. The fraction of sp³-hybridized carbons (Fsp3) is 0. The van der Waals surface area contributed by atoms with Gasteiger partial charge >= 0.3 is 0 Å². The summed E-state index contributed by atoms with van der Waals surface area (Å²) in [6, 6.07) is 10.3. The molecule has 4 heteroatoms. The van der Waals surface area contributed by atoms with Crippen molar-refractivity contribution in [1.82, 2.24) is 9.38 Å². The third kappa shape index (κ3) is 1.96. The van der Waals surface area contributed by atoms with E-state index >= 15 is 0 Å². The second kappa shape index (κ2) is 3.96. The highest BCUT2D eigenvalue weighted by Crippen LogP contribution is 2.21. The van der Waals surface area contributed by atoms with Crippen molar-refractivity contribution in [3.8, 4) is 11.3 Å². The molecule has 0 bridgehead atoms. The van der Waals surface area contributed by atoms with E-state index in [2.05, 4.69) is 20.9 Å². The van der Waals surface area contributed by atoms with Crippen molar-refractivity contribution < 1.29 is 4.39 Å². The van der Waals surface area contributed by atoms with Crippen molar-refractivity contribution in [2.75, 3.05) is 0 Å². The van der Waals surface area contributed by atoms with Gasteiger partial charge in [-0.3, -0.25) is 0 Å². The third-order valence-corrected chi connectivity index (χ3v) is 3.04. The number of halogens is 2. The van der Waals surface area contributed by atoms with Crippen LogP contribution in [-0.4, -0.2) is 9.38 Å². The first-order chi connectivity index (χ1) is 8.22. The van der Waals surface area contributed by atoms with Gasteiger partial charge in [0.25, 0.3) is 0 Å². The van der Waals surface area contributed by atoms with E-state index < -0.39 is 0 Å². The number of benzene rings is 1. The maximum atomic E-state index is 13.1. The van der Waals surface area contributed by atoms with Crippen LogP contribution in [0.15, 0.2) is 53.3 Å². The van der Waals surface area contributed by atoms with Gasteiger partial charge in [-0.2, -0.15) is 0 Å². The van der Waals surface area contributed by atoms with Crippen LogP contribution in [0.3, 0.4) is 0 Å². The second-order valence-corrected chi connectivity index (χ2v) is 4.66. The Bertz CT molecular complexity index is 691. The van der Waals surface area contributed by atoms with Crippen LogP contribution in [0.5, 0.6) is 0 Å². The Hall–Kier alpha value is -1.68. The molecule has 0 spiro atoms. The first kappa shape index (κ1) is 10.5. The predicted molar refractivity (Wildman–Crippen MR) is 68.3 cm³/mol. The van der Waals surface area contributed by atoms with E-state index in [1.54, 1.807) is 6.07 Å². The Morgan fingerprint density at radius 3 is 2.88 bits per heavy atom. The Morgan fingerprint density at radius 2 is 2.06 bits per heavy atom. The molecule has 2 aromatic heterocycles. The van der Waals surface area contributed by atoms with Crippen molar-refractivity contribution in [3.05, 3.63) is 59.1 Å². The Labute approximate surface area is 106 Å². The standard InChI is InChI=1S/C13H8BrFN2/c14-10-4-5-17-8-12(16-13(17)7-10)9-2-1-3-11(15)6-9/h1-8H. The summed E-state index contributed by atoms with van der Waals surface area (Å²) in [6.45, 7) is 0. The zero-order valence-electron chi connectivity index (χ0n) is 8.77. The molecule has 1 aromatic carbocycles. The monoisotopic (exact) mass is 290 g/mol. The Balaban J connectivity index is 2.18. The minimum absolute atomic E-state index is 0.249. The lowest BCUT2D eigenvalue weighted by molar-refractivity contribution is 0.628. The highest BCUT2D eigenvalue weighted by molar-refractivity contribution is 9.10. The van der Waals surface area contributed by atoms with Gasteiger partial charge in [-0.05, 0) is 24.3 Å². The van der Waals surface area contributed by atoms with E-state index in [4.69, 9.17) is 0 Å². The fourth-order valence-electron chi connectivity index (χ4n) is 1.74. The second-order valence-electron chi connectivity index (χ2n) is 3.75. The first-order valence-electron chi connectivity index (χ1n) is 5.12. The molecule has 0 amide bonds. The van der Waals surface area contributed by atoms with E-state index in [-0.39, 0.29) is 5.82 Å². The molecule has 0 atom stereocenters. The predicted octanol–water partition coefficient (Wildman–Crippen LogP) is 3.90. The number of hydrogen-bond donors (Lipinski definition) is 0. The lowest BCUT2D eigenvalue weighted by Gasteiger charge is -1.94. The molecule has 3 rings (SSSR count). The normalized spacial score (nSPS) is 10.9. The van der Waals surface area contributed by atoms with Crippen LogP contribution in [0.25, 0.3) is 16.9 Å². The maximum absolute atomic E-state index is 13.1. The number of fused-ring (bicyclic) bond motifs is 1. The summed E-state index contributed by atoms with van der Waals surface area (Å²) in [6.07, 6.45) is 3.80. The van der Waals surface area contributed by atoms with Gasteiger partial charge in [0.15, 0.2) is 0 Å². The zero-order chi connectivity index (χ0) is 11.8. The fourth-order valence-corrected chi connectivity index (χ4v) is 2.07. The van der Waals surface area contributed by atoms with Crippen molar-refractivity contribution in [2.45, 2.75) is 0 Å². The molecule has 84 valence electrons. The van der Waals surface area contributed by atoms with Crippen LogP contribution >= 0.6 is 15.9 Å². The average Bonchev–Trinajstić information content (AvgIpc) is 2.72. The lowest BCUT2D eigenvalue weighted by Crippen LogP contribution is -1.79. The topological polar surface area (TPSA) is 17.3 Å². The molecule has 17 heavy (non-hydrogen) atoms. The Kier molecular flexibility index (Phi) is 2.44. The molecule has 0 fully saturated rings. The zero-order valence-corrected chi connectivity index (χ0v) is 10.4. The van der Waals surface area contributed by atoms with Gasteiger partial charge in [0, 0.05) is 22.4 Å². The van der Waals surface area contributed by atoms with Crippen LogP contribution in [0, 0.1) is 5.82 Å². The van der Waals surface area contributed by atoms with Gasteiger partial charge in [-0.1, -0.05) is 28.1 Å². The summed E-state index contributed by atoms with van der Waals surface area (Å²) in [5.74, 6) is -0.249. The molecular formula is C13H8BrFN2. The summed E-state index contributed by atoms with van der Waals surface area (Å²) in [7, 11) is 0. The number of hydrogen-bond acceptors (Lipinski definition) is 1. The van der Waals surface area contributed by atoms with Crippen molar-refractivity contribution in [1.29, 1.82) is 0 Å². The summed E-state index contributed by atoms with van der Waals surface area (Å²) in [5.41, 5.74) is 2.38. The molecule has 0 saturated heterocycles. The number of pyridine rings is 1. The minimum atomic E-state index is -0.249. The number of imidazole rings is 1. The van der Waals surface area contributed by atoms with E-state index in [9.17, 15) is 4.39 Å². The molecule has 0 unspecified atom stereocenters. The van der Waals surface area contributed by atoms with Crippen LogP contribution in [0.2, 0.25) is 0 Å². The number of nitrogens with zero attached hydrogens (tertiary/aromatic N) is 2. The minimum Gasteiger partial charge on any atom is -0.306 e. The molecule has 0 aliphatic rings. The molecule has 0 radical (unpaired) electrons. The van der Waals surface area contributed by atoms with Crippen LogP contribution in [-0.2, 0) is 0 Å². The number of aromatic nitrogens is 2. The van der Waals surface area contributed by atoms with Gasteiger partial charge in [0.1, 0.15) is 11.5 Å². The van der Waals surface area contributed by atoms with Gasteiger partial charge in [0.05, 0.1) is 5.69 Å². The van der Waals surface area contributed by atoms with Crippen LogP contribution < -0.4 is 0 Å². The van der Waals surface area contributed by atoms with Crippen molar-refractivity contribution in [2.24, 2.45) is 0 Å². The molecule has 0 aliphatic heterocycles. The average molecular weight is 291 g/mol. The summed E-state index contributed by atoms with van der Waals surface area (Å²) in [4.78, 5) is 4.45. The highest BCUT2D eigenvalue weighted by Gasteiger charge is 2.05. The van der Waals surface area contributed by atoms with Gasteiger partial charge in [-0.25, -0.2) is 9.37 Å². The SMILES string of the molecule is Fc1cccc(-c2cn3ccc(Br)cc3n2)c1. The summed E-state index contributed by atoms with van der Waals surface area (Å²) < 4.78 is 16.0. The number of rotatable bonds is 1. The molecular weight excluding hydrogens is 283 g/mol. The first-order valence-corrected chi connectivity index (χ1v) is 5.92. The molecule has 0 N–H and O–H groups in total. The van der Waals surface area contributed by atoms with Gasteiger partial charge < -0.3 is 4.40 Å². The van der Waals surface area contributed by atoms with Gasteiger partial charge in [-0.15, -0.1) is 0 Å². The van der Waals surface area contributed by atoms with E-state index in [0.29, 0.717) is 0 Å². The van der Waals surface area contributed by atoms with E-state index in [1.165, 1.54) is 12.1 Å². The van der Waals surface area contributed by atoms with E-state index in [1.807, 2.05) is 35.0 Å². The van der Waals surface area contributed by atoms with Crippen LogP contribution in [0.1, 0.15) is 0 Å². The van der Waals surface area contributed by atoms with Crippen molar-refractivity contribution in [3.63, 3.8) is 0 Å². The summed E-state index contributed by atoms with van der Waals surface area (Å²) >= 11 is 3.40. The maximum Gasteiger partial charge on any atom is 0.138 e. The van der Waals surface area contributed by atoms with Crippen molar-refractivity contribution >= 4 is 21.6 Å². The van der Waals surface area contributed by atoms with E-state index in [0.717, 1.165) is 21.4 Å². The van der Waals surface area contributed by atoms with Gasteiger partial charge in [0.2, 0.25) is 0 Å². The molecule has 3 aromatic rings. The molecule has 2 heterocycles. The smallest absolute Gasteiger partial charge is 0.138 e. The quantitative estimate of drug-likeness (QED) is 0.664. The molecule has 2 nitrogen and oxygen atoms in total.